The minimum Gasteiger partial charge on any atom is -0.393 e. The quantitative estimate of drug-likeness (QED) is 0.0368. The first-order valence-electron chi connectivity index (χ1n) is 23.3. The number of nitrogens with one attached hydrogen (secondary N) is 3. The Morgan fingerprint density at radius 1 is 0.831 bits per heavy atom. The van der Waals surface area contributed by atoms with Gasteiger partial charge in [-0.05, 0) is 122 Å². The zero-order valence-corrected chi connectivity index (χ0v) is 42.1. The van der Waals surface area contributed by atoms with E-state index >= 15 is 0 Å². The van der Waals surface area contributed by atoms with Crippen LogP contribution in [0.5, 0.6) is 0 Å². The van der Waals surface area contributed by atoms with E-state index in [1.807, 2.05) is 66.7 Å². The van der Waals surface area contributed by atoms with Crippen LogP contribution in [-0.2, 0) is 27.1 Å². The molecule has 6 aromatic rings. The van der Waals surface area contributed by atoms with E-state index in [1.54, 1.807) is 54.6 Å². The Kier molecular flexibility index (Phi) is 15.7. The van der Waals surface area contributed by atoms with Crippen molar-refractivity contribution in [1.82, 2.24) is 14.2 Å². The third-order valence-corrected chi connectivity index (χ3v) is 16.1. The van der Waals surface area contributed by atoms with Gasteiger partial charge < -0.3 is 29.7 Å². The van der Waals surface area contributed by atoms with Gasteiger partial charge in [-0.2, -0.15) is 0 Å². The van der Waals surface area contributed by atoms with Crippen molar-refractivity contribution in [3.63, 3.8) is 0 Å². The SMILES string of the molecule is Cc1c(C(=O)NS(C)(=O)=O)c(-c2cccc(N3CCN(c4ccc(NS(=O)(=O)c5ccc(N[C@H](CCN6CCC(O)CC6)CSc6ccccc6)c([N+](=O)[O-])c5)cc4)CC3)c2)c(-c2ccc(F)cc2)n1C. The molecular formula is C51H57FN8O8S3. The highest BCUT2D eigenvalue weighted by atomic mass is 32.2. The van der Waals surface area contributed by atoms with Crippen molar-refractivity contribution < 1.29 is 36.1 Å². The van der Waals surface area contributed by atoms with E-state index in [-0.39, 0.29) is 39.7 Å². The highest BCUT2D eigenvalue weighted by Crippen LogP contribution is 2.40. The van der Waals surface area contributed by atoms with E-state index in [4.69, 9.17) is 0 Å². The summed E-state index contributed by atoms with van der Waals surface area (Å²) in [6.07, 6.45) is 2.73. The number of likely N-dealkylation sites (tertiary alicyclic amines) is 1. The minimum absolute atomic E-state index is 0.173. The topological polar surface area (TPSA) is 199 Å². The summed E-state index contributed by atoms with van der Waals surface area (Å²) < 4.78 is 72.4. The molecule has 0 saturated carbocycles. The van der Waals surface area contributed by atoms with Crippen LogP contribution < -0.4 is 24.6 Å². The number of carbonyl (C=O) groups excluding carboxylic acids is 1. The van der Waals surface area contributed by atoms with Crippen LogP contribution in [0.4, 0.5) is 32.8 Å². The fourth-order valence-corrected chi connectivity index (χ4v) is 11.6. The molecule has 2 aliphatic heterocycles. The number of aromatic nitrogens is 1. The zero-order valence-electron chi connectivity index (χ0n) is 39.6. The summed E-state index contributed by atoms with van der Waals surface area (Å²) in [7, 11) is -6.34. The van der Waals surface area contributed by atoms with Crippen molar-refractivity contribution in [2.24, 2.45) is 7.05 Å². The highest BCUT2D eigenvalue weighted by molar-refractivity contribution is 7.99. The van der Waals surface area contributed by atoms with Crippen molar-refractivity contribution in [3.05, 3.63) is 149 Å². The number of aliphatic hydroxyl groups excluding tert-OH is 1. The lowest BCUT2D eigenvalue weighted by Crippen LogP contribution is -2.46. The number of nitro groups is 1. The highest BCUT2D eigenvalue weighted by Gasteiger charge is 2.29. The summed E-state index contributed by atoms with van der Waals surface area (Å²) in [5.74, 6) is -0.565. The van der Waals surface area contributed by atoms with Gasteiger partial charge in [0.15, 0.2) is 0 Å². The molecule has 16 nitrogen and oxygen atoms in total. The molecular weight excluding hydrogens is 968 g/mol. The van der Waals surface area contributed by atoms with E-state index < -0.39 is 36.7 Å². The summed E-state index contributed by atoms with van der Waals surface area (Å²) >= 11 is 1.64. The second kappa shape index (κ2) is 21.9. The third-order valence-electron chi connectivity index (χ3n) is 13.0. The Bertz CT molecular complexity index is 3090. The van der Waals surface area contributed by atoms with Crippen molar-refractivity contribution in [2.75, 3.05) is 77.7 Å². The molecule has 0 radical (unpaired) electrons. The Morgan fingerprint density at radius 2 is 1.49 bits per heavy atom. The molecule has 374 valence electrons. The van der Waals surface area contributed by atoms with Gasteiger partial charge in [-0.25, -0.2) is 25.9 Å². The van der Waals surface area contributed by atoms with Gasteiger partial charge >= 0.3 is 0 Å². The number of aliphatic hydroxyl groups is 1. The molecule has 2 aliphatic rings. The average Bonchev–Trinajstić information content (AvgIpc) is 3.62. The Labute approximate surface area is 418 Å². The normalized spacial score (nSPS) is 15.3. The number of halogens is 1. The Morgan fingerprint density at radius 3 is 2.14 bits per heavy atom. The molecule has 0 aliphatic carbocycles. The number of nitrogens with zero attached hydrogens (tertiary/aromatic N) is 5. The smallest absolute Gasteiger partial charge is 0.293 e. The van der Waals surface area contributed by atoms with Crippen LogP contribution in [-0.4, -0.2) is 112 Å². The predicted octanol–water partition coefficient (Wildman–Crippen LogP) is 7.95. The maximum atomic E-state index is 14.0. The van der Waals surface area contributed by atoms with Crippen molar-refractivity contribution in [2.45, 2.75) is 48.1 Å². The predicted molar refractivity (Wildman–Crippen MR) is 279 cm³/mol. The molecule has 71 heavy (non-hydrogen) atoms. The van der Waals surface area contributed by atoms with E-state index in [9.17, 15) is 41.2 Å². The second-order valence-electron chi connectivity index (χ2n) is 17.9. The average molecular weight is 1030 g/mol. The maximum absolute atomic E-state index is 14.0. The third kappa shape index (κ3) is 12.5. The number of thioether (sulfide) groups is 1. The van der Waals surface area contributed by atoms with Gasteiger partial charge in [0, 0.05) is 104 Å². The first-order chi connectivity index (χ1) is 33.9. The van der Waals surface area contributed by atoms with Gasteiger partial charge in [-0.15, -0.1) is 11.8 Å². The van der Waals surface area contributed by atoms with E-state index in [1.165, 1.54) is 24.3 Å². The molecule has 4 N–H and O–H groups in total. The Hall–Kier alpha value is -6.45. The van der Waals surface area contributed by atoms with Crippen LogP contribution in [0.1, 0.15) is 35.3 Å². The molecule has 0 unspecified atom stereocenters. The van der Waals surface area contributed by atoms with E-state index in [2.05, 4.69) is 29.5 Å². The molecule has 5 aromatic carbocycles. The number of sulfonamides is 2. The molecule has 0 bridgehead atoms. The summed E-state index contributed by atoms with van der Waals surface area (Å²) in [4.78, 5) is 32.9. The summed E-state index contributed by atoms with van der Waals surface area (Å²) in [6.45, 7) is 6.53. The maximum Gasteiger partial charge on any atom is 0.293 e. The molecule has 2 saturated heterocycles. The monoisotopic (exact) mass is 1020 g/mol. The first-order valence-corrected chi connectivity index (χ1v) is 27.6. The number of hydrogen-bond acceptors (Lipinski definition) is 13. The van der Waals surface area contributed by atoms with Crippen LogP contribution in [0.2, 0.25) is 0 Å². The number of piperazine rings is 1. The largest absolute Gasteiger partial charge is 0.393 e. The Balaban J connectivity index is 0.932. The number of amides is 1. The lowest BCUT2D eigenvalue weighted by Gasteiger charge is -2.37. The van der Waals surface area contributed by atoms with Gasteiger partial charge in [-0.1, -0.05) is 30.3 Å². The van der Waals surface area contributed by atoms with Crippen LogP contribution in [0.3, 0.4) is 0 Å². The van der Waals surface area contributed by atoms with Gasteiger partial charge in [0.25, 0.3) is 21.6 Å². The zero-order chi connectivity index (χ0) is 50.5. The number of piperidine rings is 1. The number of benzene rings is 5. The fraction of sp³-hybridized carbons (Fsp3) is 0.314. The van der Waals surface area contributed by atoms with E-state index in [0.29, 0.717) is 79.3 Å². The van der Waals surface area contributed by atoms with Gasteiger partial charge in [-0.3, -0.25) is 19.6 Å². The van der Waals surface area contributed by atoms with Gasteiger partial charge in [0.1, 0.15) is 11.5 Å². The fourth-order valence-electron chi connectivity index (χ4n) is 9.13. The second-order valence-corrected chi connectivity index (χ2v) is 22.4. The summed E-state index contributed by atoms with van der Waals surface area (Å²) in [6, 6.07) is 34.2. The van der Waals surface area contributed by atoms with Crippen LogP contribution in [0, 0.1) is 22.9 Å². The first kappa shape index (κ1) is 50.9. The molecule has 2 fully saturated rings. The molecule has 8 rings (SSSR count). The lowest BCUT2D eigenvalue weighted by molar-refractivity contribution is -0.384. The summed E-state index contributed by atoms with van der Waals surface area (Å²) in [5.41, 5.74) is 5.11. The van der Waals surface area contributed by atoms with Crippen LogP contribution in [0.15, 0.2) is 131 Å². The van der Waals surface area contributed by atoms with Gasteiger partial charge in [0.05, 0.1) is 33.4 Å². The van der Waals surface area contributed by atoms with Crippen LogP contribution in [0.25, 0.3) is 22.4 Å². The summed E-state index contributed by atoms with van der Waals surface area (Å²) in [5, 5.41) is 25.8. The number of hydrogen-bond donors (Lipinski definition) is 4. The number of carbonyl (C=O) groups is 1. The molecule has 3 heterocycles. The van der Waals surface area contributed by atoms with Crippen LogP contribution >= 0.6 is 11.8 Å². The minimum atomic E-state index is -4.23. The molecule has 1 atom stereocenters. The lowest BCUT2D eigenvalue weighted by atomic mass is 9.96. The van der Waals surface area contributed by atoms with Gasteiger partial charge in [0.2, 0.25) is 10.0 Å². The van der Waals surface area contributed by atoms with E-state index in [0.717, 1.165) is 48.2 Å². The number of rotatable bonds is 18. The number of nitro benzene ring substituents is 1. The molecule has 1 amide bonds. The number of anilines is 4. The molecule has 0 spiro atoms. The van der Waals surface area contributed by atoms with Crippen molar-refractivity contribution in [3.8, 4) is 22.4 Å². The molecule has 20 heteroatoms. The molecule has 1 aromatic heterocycles. The van der Waals surface area contributed by atoms with Crippen molar-refractivity contribution in [1.29, 1.82) is 0 Å². The van der Waals surface area contributed by atoms with Crippen molar-refractivity contribution >= 4 is 66.2 Å². The standard InChI is InChI=1S/C51H57FN8O8S3/c1-35-48(51(62)55-70(3,65)66)49(50(56(35)2)36-12-14-38(52)15-13-36)37-8-7-9-42(32-37)59-30-28-58(29-31-59)41-18-16-39(17-19-41)54-71(67,68)45-20-21-46(47(33-45)60(63)64)53-40(34-69-44-10-5-4-6-11-44)22-25-57-26-23-43(61)24-27-57/h4-21,32-33,40,43,53-54,61H,22-31,34H2,1-3H3,(H,55,62)/t40-/m1/s1.